The van der Waals surface area contributed by atoms with Crippen LogP contribution in [0.2, 0.25) is 0 Å². The Labute approximate surface area is 204 Å². The Morgan fingerprint density at radius 3 is 2.43 bits per heavy atom. The second-order valence-electron chi connectivity index (χ2n) is 7.93. The van der Waals surface area contributed by atoms with Crippen LogP contribution in [0.1, 0.15) is 29.2 Å². The zero-order chi connectivity index (χ0) is 25.2. The van der Waals surface area contributed by atoms with Crippen molar-refractivity contribution in [2.24, 2.45) is 5.10 Å². The van der Waals surface area contributed by atoms with Crippen molar-refractivity contribution in [3.8, 4) is 5.75 Å². The number of ether oxygens (including phenoxy) is 1. The van der Waals surface area contributed by atoms with E-state index in [-0.39, 0.29) is 12.5 Å². The van der Waals surface area contributed by atoms with E-state index < -0.39 is 11.8 Å². The summed E-state index contributed by atoms with van der Waals surface area (Å²) in [6.07, 6.45) is 2.26. The SMILES string of the molecule is CCc1ccc(NC(=O)C(=O)N/N=C\c2cccc(OCC(=O)Nc3cc(C)ccc3C)c2)cc1. The maximum atomic E-state index is 12.3. The third-order valence-corrected chi connectivity index (χ3v) is 5.10. The van der Waals surface area contributed by atoms with Crippen LogP contribution in [0, 0.1) is 13.8 Å². The van der Waals surface area contributed by atoms with Gasteiger partial charge in [-0.3, -0.25) is 14.4 Å². The number of benzene rings is 3. The van der Waals surface area contributed by atoms with Gasteiger partial charge in [0.15, 0.2) is 6.61 Å². The first-order valence-electron chi connectivity index (χ1n) is 11.2. The highest BCUT2D eigenvalue weighted by molar-refractivity contribution is 6.39. The van der Waals surface area contributed by atoms with E-state index in [0.717, 1.165) is 28.8 Å². The third-order valence-electron chi connectivity index (χ3n) is 5.10. The monoisotopic (exact) mass is 472 g/mol. The lowest BCUT2D eigenvalue weighted by Crippen LogP contribution is -2.32. The van der Waals surface area contributed by atoms with Gasteiger partial charge < -0.3 is 15.4 Å². The molecule has 0 heterocycles. The smallest absolute Gasteiger partial charge is 0.329 e. The summed E-state index contributed by atoms with van der Waals surface area (Å²) < 4.78 is 5.57. The van der Waals surface area contributed by atoms with Gasteiger partial charge in [0.1, 0.15) is 5.75 Å². The van der Waals surface area contributed by atoms with E-state index in [4.69, 9.17) is 4.74 Å². The van der Waals surface area contributed by atoms with Crippen molar-refractivity contribution in [1.29, 1.82) is 0 Å². The molecule has 8 nitrogen and oxygen atoms in total. The third kappa shape index (κ3) is 7.82. The number of nitrogens with zero attached hydrogens (tertiary/aromatic N) is 1. The number of hydrazone groups is 1. The van der Waals surface area contributed by atoms with Crippen LogP contribution in [0.25, 0.3) is 0 Å². The molecule has 3 aromatic rings. The van der Waals surface area contributed by atoms with Gasteiger partial charge in [0.25, 0.3) is 5.91 Å². The first kappa shape index (κ1) is 25.2. The minimum Gasteiger partial charge on any atom is -0.484 e. The van der Waals surface area contributed by atoms with Gasteiger partial charge >= 0.3 is 11.8 Å². The van der Waals surface area contributed by atoms with Crippen molar-refractivity contribution in [2.45, 2.75) is 27.2 Å². The Balaban J connectivity index is 1.48. The number of carbonyl (C=O) groups excluding carboxylic acids is 3. The zero-order valence-corrected chi connectivity index (χ0v) is 19.9. The van der Waals surface area contributed by atoms with Crippen molar-refractivity contribution in [1.82, 2.24) is 5.43 Å². The molecular weight excluding hydrogens is 444 g/mol. The quantitative estimate of drug-likeness (QED) is 0.262. The lowest BCUT2D eigenvalue weighted by molar-refractivity contribution is -0.136. The Hall–Kier alpha value is -4.46. The fraction of sp³-hybridized carbons (Fsp3) is 0.185. The lowest BCUT2D eigenvalue weighted by Gasteiger charge is -2.10. The summed E-state index contributed by atoms with van der Waals surface area (Å²) in [6, 6.07) is 19.9. The molecule has 3 aromatic carbocycles. The predicted octanol–water partition coefficient (Wildman–Crippen LogP) is 3.97. The number of aryl methyl sites for hydroxylation is 3. The Morgan fingerprint density at radius 1 is 0.914 bits per heavy atom. The molecule has 0 radical (unpaired) electrons. The normalized spacial score (nSPS) is 10.6. The van der Waals surface area contributed by atoms with Crippen molar-refractivity contribution >= 4 is 35.3 Å². The van der Waals surface area contributed by atoms with Gasteiger partial charge in [0, 0.05) is 11.4 Å². The first-order valence-corrected chi connectivity index (χ1v) is 11.2. The van der Waals surface area contributed by atoms with Gasteiger partial charge in [-0.05, 0) is 72.9 Å². The predicted molar refractivity (Wildman–Crippen MR) is 137 cm³/mol. The molecule has 0 unspecified atom stereocenters. The van der Waals surface area contributed by atoms with E-state index in [1.165, 1.54) is 6.21 Å². The highest BCUT2D eigenvalue weighted by atomic mass is 16.5. The minimum absolute atomic E-state index is 0.163. The molecule has 0 aliphatic rings. The summed E-state index contributed by atoms with van der Waals surface area (Å²) >= 11 is 0. The van der Waals surface area contributed by atoms with Gasteiger partial charge in [-0.2, -0.15) is 5.10 Å². The van der Waals surface area contributed by atoms with E-state index in [1.807, 2.05) is 51.1 Å². The fourth-order valence-electron chi connectivity index (χ4n) is 3.12. The Morgan fingerprint density at radius 2 is 1.69 bits per heavy atom. The summed E-state index contributed by atoms with van der Waals surface area (Å²) in [4.78, 5) is 36.3. The molecule has 0 aromatic heterocycles. The zero-order valence-electron chi connectivity index (χ0n) is 19.9. The molecule has 0 aliphatic heterocycles. The number of anilines is 2. The first-order chi connectivity index (χ1) is 16.8. The van der Waals surface area contributed by atoms with E-state index >= 15 is 0 Å². The number of amides is 3. The second-order valence-corrected chi connectivity index (χ2v) is 7.93. The number of carbonyl (C=O) groups is 3. The number of nitrogens with one attached hydrogen (secondary N) is 3. The largest absolute Gasteiger partial charge is 0.484 e. The molecule has 0 saturated heterocycles. The van der Waals surface area contributed by atoms with Crippen molar-refractivity contribution in [3.05, 3.63) is 89.0 Å². The number of hydrogen-bond donors (Lipinski definition) is 3. The van der Waals surface area contributed by atoms with Crippen LogP contribution in [0.15, 0.2) is 71.8 Å². The molecule has 8 heteroatoms. The van der Waals surface area contributed by atoms with Gasteiger partial charge in [-0.15, -0.1) is 0 Å². The second kappa shape index (κ2) is 12.1. The summed E-state index contributed by atoms with van der Waals surface area (Å²) in [5.41, 5.74) is 7.23. The lowest BCUT2D eigenvalue weighted by atomic mass is 10.1. The molecule has 0 fully saturated rings. The molecule has 0 saturated carbocycles. The Bertz CT molecular complexity index is 1240. The fourth-order valence-corrected chi connectivity index (χ4v) is 3.12. The molecule has 180 valence electrons. The van der Waals surface area contributed by atoms with Gasteiger partial charge in [-0.25, -0.2) is 5.43 Å². The van der Waals surface area contributed by atoms with Crippen LogP contribution in [0.3, 0.4) is 0 Å². The number of rotatable bonds is 8. The highest BCUT2D eigenvalue weighted by Crippen LogP contribution is 2.17. The Kier molecular flexibility index (Phi) is 8.72. The molecule has 3 N–H and O–H groups in total. The summed E-state index contributed by atoms with van der Waals surface area (Å²) in [6.45, 7) is 5.75. The molecule has 3 amide bonds. The molecule has 0 aliphatic carbocycles. The average Bonchev–Trinajstić information content (AvgIpc) is 2.85. The van der Waals surface area contributed by atoms with Crippen LogP contribution in [0.5, 0.6) is 5.75 Å². The standard InChI is InChI=1S/C27H28N4O4/c1-4-20-10-12-22(13-11-20)29-26(33)27(34)31-28-16-21-6-5-7-23(15-21)35-17-25(32)30-24-14-18(2)8-9-19(24)3/h5-16H,4,17H2,1-3H3,(H,29,33)(H,30,32)(H,31,34)/b28-16-. The molecule has 0 bridgehead atoms. The van der Waals surface area contributed by atoms with Crippen molar-refractivity contribution in [3.63, 3.8) is 0 Å². The maximum absolute atomic E-state index is 12.3. The van der Waals surface area contributed by atoms with Crippen LogP contribution in [-0.4, -0.2) is 30.5 Å². The van der Waals surface area contributed by atoms with Gasteiger partial charge in [0.05, 0.1) is 6.21 Å². The van der Waals surface area contributed by atoms with Crippen molar-refractivity contribution < 1.29 is 19.1 Å². The molecule has 0 atom stereocenters. The summed E-state index contributed by atoms with van der Waals surface area (Å²) in [5, 5.41) is 9.18. The van der Waals surface area contributed by atoms with E-state index in [0.29, 0.717) is 17.0 Å². The van der Waals surface area contributed by atoms with Gasteiger partial charge in [0.2, 0.25) is 0 Å². The summed E-state index contributed by atoms with van der Waals surface area (Å²) in [5.74, 6) is -1.53. The van der Waals surface area contributed by atoms with Crippen LogP contribution >= 0.6 is 0 Å². The van der Waals surface area contributed by atoms with Crippen molar-refractivity contribution in [2.75, 3.05) is 17.2 Å². The maximum Gasteiger partial charge on any atom is 0.329 e. The van der Waals surface area contributed by atoms with E-state index in [1.54, 1.807) is 36.4 Å². The molecule has 0 spiro atoms. The average molecular weight is 473 g/mol. The number of hydrogen-bond acceptors (Lipinski definition) is 5. The molecule has 3 rings (SSSR count). The van der Waals surface area contributed by atoms with Crippen LogP contribution in [-0.2, 0) is 20.8 Å². The molecular formula is C27H28N4O4. The van der Waals surface area contributed by atoms with E-state index in [2.05, 4.69) is 21.2 Å². The van der Waals surface area contributed by atoms with Crippen LogP contribution < -0.4 is 20.8 Å². The highest BCUT2D eigenvalue weighted by Gasteiger charge is 2.12. The topological polar surface area (TPSA) is 109 Å². The minimum atomic E-state index is -0.892. The van der Waals surface area contributed by atoms with Gasteiger partial charge in [-0.1, -0.05) is 43.3 Å². The van der Waals surface area contributed by atoms with E-state index in [9.17, 15) is 14.4 Å². The summed E-state index contributed by atoms with van der Waals surface area (Å²) in [7, 11) is 0. The molecule has 35 heavy (non-hydrogen) atoms. The van der Waals surface area contributed by atoms with Crippen LogP contribution in [0.4, 0.5) is 11.4 Å².